The molecule has 1 aliphatic heterocycles. The van der Waals surface area contributed by atoms with Gasteiger partial charge in [0.15, 0.2) is 0 Å². The molecule has 2 heterocycles. The molecule has 1 aromatic heterocycles. The van der Waals surface area contributed by atoms with Gasteiger partial charge < -0.3 is 9.52 Å². The van der Waals surface area contributed by atoms with Gasteiger partial charge in [0.2, 0.25) is 5.89 Å². The minimum Gasteiger partial charge on any atom is -0.480 e. The molecule has 0 spiro atoms. The molecule has 184 valence electrons. The van der Waals surface area contributed by atoms with Crippen molar-refractivity contribution in [1.29, 1.82) is 0 Å². The molecule has 0 saturated heterocycles. The lowest BCUT2D eigenvalue weighted by molar-refractivity contribution is -0.138. The second kappa shape index (κ2) is 9.44. The smallest absolute Gasteiger partial charge is 0.327 e. The van der Waals surface area contributed by atoms with E-state index < -0.39 is 22.0 Å². The predicted molar refractivity (Wildman–Crippen MR) is 134 cm³/mol. The van der Waals surface area contributed by atoms with Crippen molar-refractivity contribution in [2.24, 2.45) is 0 Å². The second-order valence-electron chi connectivity index (χ2n) is 8.28. The van der Waals surface area contributed by atoms with E-state index in [1.807, 2.05) is 0 Å². The van der Waals surface area contributed by atoms with Crippen LogP contribution in [-0.4, -0.2) is 30.5 Å². The lowest BCUT2D eigenvalue weighted by atomic mass is 10.1. The highest BCUT2D eigenvalue weighted by Gasteiger charge is 2.42. The van der Waals surface area contributed by atoms with Gasteiger partial charge in [-0.1, -0.05) is 18.2 Å². The number of fused-ring (bicyclic) bond motifs is 1. The van der Waals surface area contributed by atoms with Crippen LogP contribution in [0.15, 0.2) is 87.0 Å². The van der Waals surface area contributed by atoms with Crippen molar-refractivity contribution in [3.63, 3.8) is 0 Å². The maximum Gasteiger partial charge on any atom is 0.327 e. The Balaban J connectivity index is 1.33. The summed E-state index contributed by atoms with van der Waals surface area (Å²) in [6.45, 7) is 1.80. The van der Waals surface area contributed by atoms with E-state index in [1.165, 1.54) is 36.0 Å². The SMILES string of the molecule is Cc1oc(-c2ccc(F)cc2)nc1CSc1ccc(S(=O)(=O)N2c3ccccc3CC2C(=O)O)cc1. The van der Waals surface area contributed by atoms with Gasteiger partial charge in [0, 0.05) is 22.6 Å². The van der Waals surface area contributed by atoms with E-state index in [2.05, 4.69) is 4.98 Å². The Labute approximate surface area is 211 Å². The molecule has 36 heavy (non-hydrogen) atoms. The molecule has 7 nitrogen and oxygen atoms in total. The Morgan fingerprint density at radius 3 is 2.50 bits per heavy atom. The van der Waals surface area contributed by atoms with Gasteiger partial charge in [-0.15, -0.1) is 11.8 Å². The first kappa shape index (κ1) is 24.1. The van der Waals surface area contributed by atoms with Crippen LogP contribution in [0.25, 0.3) is 11.5 Å². The summed E-state index contributed by atoms with van der Waals surface area (Å²) in [5.41, 5.74) is 2.48. The van der Waals surface area contributed by atoms with E-state index in [9.17, 15) is 22.7 Å². The van der Waals surface area contributed by atoms with Crippen molar-refractivity contribution in [2.45, 2.75) is 34.9 Å². The molecule has 1 unspecified atom stereocenters. The number of halogens is 1. The molecule has 10 heteroatoms. The van der Waals surface area contributed by atoms with Crippen LogP contribution in [0.4, 0.5) is 10.1 Å². The maximum atomic E-state index is 13.4. The normalized spacial score (nSPS) is 15.2. The minimum atomic E-state index is -4.08. The standard InChI is InChI=1S/C26H21FN2O5S2/c1-16-22(28-25(34-16)17-6-8-19(27)9-7-17)15-35-20-10-12-21(13-11-20)36(32,33)29-23-5-3-2-4-18(23)14-24(29)26(30)31/h2-13,24H,14-15H2,1H3,(H,30,31). The zero-order chi connectivity index (χ0) is 25.4. The number of sulfonamides is 1. The van der Waals surface area contributed by atoms with E-state index in [1.54, 1.807) is 55.5 Å². The Morgan fingerprint density at radius 2 is 1.81 bits per heavy atom. The second-order valence-corrected chi connectivity index (χ2v) is 11.1. The van der Waals surface area contributed by atoms with Crippen LogP contribution in [0.2, 0.25) is 0 Å². The monoisotopic (exact) mass is 524 g/mol. The van der Waals surface area contributed by atoms with E-state index in [-0.39, 0.29) is 17.1 Å². The summed E-state index contributed by atoms with van der Waals surface area (Å²) in [7, 11) is -4.08. The Bertz CT molecular complexity index is 1530. The third kappa shape index (κ3) is 4.49. The first-order valence-corrected chi connectivity index (χ1v) is 13.5. The van der Waals surface area contributed by atoms with Crippen molar-refractivity contribution < 1.29 is 27.1 Å². The van der Waals surface area contributed by atoms with Crippen LogP contribution >= 0.6 is 11.8 Å². The number of aliphatic carboxylic acids is 1. The van der Waals surface area contributed by atoms with Crippen molar-refractivity contribution in [1.82, 2.24) is 4.98 Å². The largest absolute Gasteiger partial charge is 0.480 e. The van der Waals surface area contributed by atoms with E-state index >= 15 is 0 Å². The molecule has 3 aromatic carbocycles. The molecule has 4 aromatic rings. The minimum absolute atomic E-state index is 0.0195. The number of rotatable bonds is 7. The zero-order valence-electron chi connectivity index (χ0n) is 19.1. The summed E-state index contributed by atoms with van der Waals surface area (Å²) in [5.74, 6) is 0.0147. The van der Waals surface area contributed by atoms with E-state index in [0.717, 1.165) is 14.9 Å². The van der Waals surface area contributed by atoms with E-state index in [0.29, 0.717) is 34.2 Å². The van der Waals surface area contributed by atoms with Crippen molar-refractivity contribution in [3.8, 4) is 11.5 Å². The molecule has 0 bridgehead atoms. The van der Waals surface area contributed by atoms with Gasteiger partial charge in [0.05, 0.1) is 16.3 Å². The van der Waals surface area contributed by atoms with Crippen LogP contribution in [-0.2, 0) is 27.0 Å². The molecule has 0 radical (unpaired) electrons. The van der Waals surface area contributed by atoms with Gasteiger partial charge >= 0.3 is 5.97 Å². The molecular formula is C26H21FN2O5S2. The zero-order valence-corrected chi connectivity index (χ0v) is 20.7. The first-order chi connectivity index (χ1) is 17.2. The number of benzene rings is 3. The molecule has 0 fully saturated rings. The summed E-state index contributed by atoms with van der Waals surface area (Å²) in [4.78, 5) is 17.2. The fourth-order valence-electron chi connectivity index (χ4n) is 4.09. The molecule has 1 N–H and O–H groups in total. The average molecular weight is 525 g/mol. The van der Waals surface area contributed by atoms with E-state index in [4.69, 9.17) is 4.42 Å². The number of nitrogens with zero attached hydrogens (tertiary/aromatic N) is 2. The van der Waals surface area contributed by atoms with Gasteiger partial charge in [-0.25, -0.2) is 22.6 Å². The Kier molecular flexibility index (Phi) is 6.31. The number of aromatic nitrogens is 1. The molecule has 1 aliphatic rings. The summed E-state index contributed by atoms with van der Waals surface area (Å²) >= 11 is 1.46. The summed E-state index contributed by atoms with van der Waals surface area (Å²) in [5, 5.41) is 9.66. The Morgan fingerprint density at radius 1 is 1.11 bits per heavy atom. The third-order valence-electron chi connectivity index (χ3n) is 5.95. The third-order valence-corrected chi connectivity index (χ3v) is 8.81. The van der Waals surface area contributed by atoms with Crippen LogP contribution in [0.1, 0.15) is 17.0 Å². The Hall–Kier alpha value is -3.63. The van der Waals surface area contributed by atoms with Crippen LogP contribution in [0.5, 0.6) is 0 Å². The van der Waals surface area contributed by atoms with Gasteiger partial charge in [-0.3, -0.25) is 4.31 Å². The van der Waals surface area contributed by atoms with Gasteiger partial charge in [0.1, 0.15) is 17.6 Å². The van der Waals surface area contributed by atoms with Gasteiger partial charge in [0.25, 0.3) is 10.0 Å². The van der Waals surface area contributed by atoms with Crippen LogP contribution < -0.4 is 4.31 Å². The number of hydrogen-bond donors (Lipinski definition) is 1. The number of thioether (sulfide) groups is 1. The summed E-state index contributed by atoms with van der Waals surface area (Å²) in [6.07, 6.45) is 0.121. The number of oxazole rings is 1. The first-order valence-electron chi connectivity index (χ1n) is 11.0. The highest BCUT2D eigenvalue weighted by atomic mass is 32.2. The van der Waals surface area contributed by atoms with Crippen LogP contribution in [0.3, 0.4) is 0 Å². The highest BCUT2D eigenvalue weighted by Crippen LogP contribution is 2.37. The number of carboxylic acid groups (broad SMARTS) is 1. The molecule has 0 aliphatic carbocycles. The number of carbonyl (C=O) groups is 1. The maximum absolute atomic E-state index is 13.4. The fraction of sp³-hybridized carbons (Fsp3) is 0.154. The number of para-hydroxylation sites is 1. The quantitative estimate of drug-likeness (QED) is 0.328. The van der Waals surface area contributed by atoms with Crippen LogP contribution in [0, 0.1) is 12.7 Å². The number of hydrogen-bond acceptors (Lipinski definition) is 6. The molecule has 0 amide bonds. The summed E-state index contributed by atoms with van der Waals surface area (Å²) < 4.78 is 46.7. The fourth-order valence-corrected chi connectivity index (χ4v) is 6.64. The summed E-state index contributed by atoms with van der Waals surface area (Å²) in [6, 6.07) is 17.9. The number of anilines is 1. The highest BCUT2D eigenvalue weighted by molar-refractivity contribution is 7.98. The van der Waals surface area contributed by atoms with Gasteiger partial charge in [-0.05, 0) is 67.1 Å². The number of carboxylic acids is 1. The molecule has 5 rings (SSSR count). The molecular weight excluding hydrogens is 503 g/mol. The lowest BCUT2D eigenvalue weighted by Gasteiger charge is -2.24. The topological polar surface area (TPSA) is 101 Å². The lowest BCUT2D eigenvalue weighted by Crippen LogP contribution is -2.42. The average Bonchev–Trinajstić information content (AvgIpc) is 3.44. The van der Waals surface area contributed by atoms with Crippen molar-refractivity contribution in [2.75, 3.05) is 4.31 Å². The molecule has 0 saturated carbocycles. The van der Waals surface area contributed by atoms with Crippen molar-refractivity contribution >= 4 is 33.4 Å². The van der Waals surface area contributed by atoms with Crippen molar-refractivity contribution in [3.05, 3.63) is 95.6 Å². The van der Waals surface area contributed by atoms with Gasteiger partial charge in [-0.2, -0.15) is 0 Å². The molecule has 1 atom stereocenters. The number of aryl methyl sites for hydroxylation is 1. The predicted octanol–water partition coefficient (Wildman–Crippen LogP) is 5.29.